The van der Waals surface area contributed by atoms with Gasteiger partial charge in [-0.3, -0.25) is 0 Å². The fourth-order valence-corrected chi connectivity index (χ4v) is 5.71. The Hall–Kier alpha value is -1.12. The van der Waals surface area contributed by atoms with E-state index >= 15 is 0 Å². The molecule has 0 N–H and O–H groups in total. The van der Waals surface area contributed by atoms with Crippen LogP contribution in [0.4, 0.5) is 8.78 Å². The van der Waals surface area contributed by atoms with Crippen molar-refractivity contribution in [2.24, 2.45) is 23.7 Å². The first kappa shape index (κ1) is 22.6. The number of hydrogen-bond acceptors (Lipinski definition) is 1. The minimum absolute atomic E-state index is 0.429. The van der Waals surface area contributed by atoms with E-state index in [4.69, 9.17) is 4.74 Å². The molecule has 2 aliphatic carbocycles. The van der Waals surface area contributed by atoms with Crippen LogP contribution in [0.2, 0.25) is 0 Å². The van der Waals surface area contributed by atoms with Crippen LogP contribution in [0.1, 0.15) is 96.8 Å². The number of hydrogen-bond donors (Lipinski definition) is 0. The molecule has 3 rings (SSSR count). The fourth-order valence-electron chi connectivity index (χ4n) is 5.71. The average molecular weight is 407 g/mol. The molecule has 2 fully saturated rings. The average Bonchev–Trinajstić information content (AvgIpc) is 2.75. The van der Waals surface area contributed by atoms with Crippen molar-refractivity contribution < 1.29 is 13.5 Å². The maximum atomic E-state index is 13.2. The number of unbranched alkanes of at least 4 members (excludes halogenated alkanes) is 2. The molecule has 29 heavy (non-hydrogen) atoms. The molecule has 0 aromatic heterocycles. The molecule has 0 aliphatic heterocycles. The van der Waals surface area contributed by atoms with Gasteiger partial charge in [-0.25, -0.2) is 8.78 Å². The minimum Gasteiger partial charge on any atom is -0.493 e. The maximum Gasteiger partial charge on any atom is 0.162 e. The molecular weight excluding hydrogens is 366 g/mol. The third-order valence-electron chi connectivity index (χ3n) is 7.58. The summed E-state index contributed by atoms with van der Waals surface area (Å²) in [5, 5.41) is 0. The second-order valence-electron chi connectivity index (χ2n) is 9.62. The summed E-state index contributed by atoms with van der Waals surface area (Å²) in [5.41, 5.74) is 0. The summed E-state index contributed by atoms with van der Waals surface area (Å²) in [5.74, 6) is 2.58. The van der Waals surface area contributed by atoms with Gasteiger partial charge in [0.1, 0.15) is 5.75 Å². The van der Waals surface area contributed by atoms with E-state index in [9.17, 15) is 8.78 Å². The Morgan fingerprint density at radius 1 is 0.759 bits per heavy atom. The third kappa shape index (κ3) is 7.26. The van der Waals surface area contributed by atoms with E-state index in [2.05, 4.69) is 6.92 Å². The van der Waals surface area contributed by atoms with E-state index < -0.39 is 11.6 Å². The van der Waals surface area contributed by atoms with Gasteiger partial charge in [-0.15, -0.1) is 0 Å². The summed E-state index contributed by atoms with van der Waals surface area (Å²) in [4.78, 5) is 0. The molecule has 1 nitrogen and oxygen atoms in total. The zero-order chi connectivity index (χ0) is 20.5. The summed E-state index contributed by atoms with van der Waals surface area (Å²) >= 11 is 0. The number of benzene rings is 1. The summed E-state index contributed by atoms with van der Waals surface area (Å²) in [6.45, 7) is 2.89. The van der Waals surface area contributed by atoms with Gasteiger partial charge in [-0.1, -0.05) is 58.3 Å². The molecule has 0 unspecified atom stereocenters. The second-order valence-corrected chi connectivity index (χ2v) is 9.62. The first-order valence-electron chi connectivity index (χ1n) is 12.2. The first-order valence-corrected chi connectivity index (χ1v) is 12.2. The lowest BCUT2D eigenvalue weighted by molar-refractivity contribution is 0.138. The smallest absolute Gasteiger partial charge is 0.162 e. The van der Waals surface area contributed by atoms with Crippen LogP contribution in [0.25, 0.3) is 0 Å². The van der Waals surface area contributed by atoms with Crippen LogP contribution in [0.3, 0.4) is 0 Å². The molecular formula is C26H40F2O. The fraction of sp³-hybridized carbons (Fsp3) is 0.769. The summed E-state index contributed by atoms with van der Waals surface area (Å²) in [7, 11) is 0. The number of halogens is 2. The molecule has 2 aliphatic rings. The van der Waals surface area contributed by atoms with Crippen LogP contribution in [-0.2, 0) is 0 Å². The standard InChI is InChI=1S/C26H40F2O/c1-2-3-4-6-20-8-12-22(13-9-20)23-14-10-21(11-15-23)7-5-18-29-24-16-17-25(27)26(28)19-24/h16-17,19-23H,2-15,18H2,1H3/t20-,21-,22-,23-. The van der Waals surface area contributed by atoms with Gasteiger partial charge in [-0.2, -0.15) is 0 Å². The van der Waals surface area contributed by atoms with Gasteiger partial charge in [0, 0.05) is 6.07 Å². The van der Waals surface area contributed by atoms with Gasteiger partial charge in [0.25, 0.3) is 0 Å². The normalized spacial score (nSPS) is 27.7. The van der Waals surface area contributed by atoms with Crippen LogP contribution in [0.5, 0.6) is 5.75 Å². The molecule has 3 heteroatoms. The van der Waals surface area contributed by atoms with Gasteiger partial charge in [0.15, 0.2) is 11.6 Å². The Morgan fingerprint density at radius 3 is 1.90 bits per heavy atom. The molecule has 0 amide bonds. The monoisotopic (exact) mass is 406 g/mol. The van der Waals surface area contributed by atoms with Crippen LogP contribution < -0.4 is 4.74 Å². The van der Waals surface area contributed by atoms with Crippen molar-refractivity contribution in [2.45, 2.75) is 96.8 Å². The van der Waals surface area contributed by atoms with Crippen molar-refractivity contribution in [2.75, 3.05) is 6.61 Å². The van der Waals surface area contributed by atoms with Crippen LogP contribution in [0.15, 0.2) is 18.2 Å². The van der Waals surface area contributed by atoms with Crippen molar-refractivity contribution in [3.8, 4) is 5.75 Å². The minimum atomic E-state index is -0.837. The van der Waals surface area contributed by atoms with Crippen molar-refractivity contribution >= 4 is 0 Å². The van der Waals surface area contributed by atoms with E-state index in [-0.39, 0.29) is 0 Å². The molecule has 0 spiro atoms. The lowest BCUT2D eigenvalue weighted by Gasteiger charge is -2.38. The topological polar surface area (TPSA) is 9.23 Å². The van der Waals surface area contributed by atoms with E-state index in [0.29, 0.717) is 12.4 Å². The van der Waals surface area contributed by atoms with Crippen LogP contribution in [-0.4, -0.2) is 6.61 Å². The first-order chi connectivity index (χ1) is 14.2. The zero-order valence-corrected chi connectivity index (χ0v) is 18.3. The molecule has 1 aromatic rings. The maximum absolute atomic E-state index is 13.2. The van der Waals surface area contributed by atoms with E-state index in [1.807, 2.05) is 0 Å². The largest absolute Gasteiger partial charge is 0.493 e. The van der Waals surface area contributed by atoms with Crippen molar-refractivity contribution in [3.05, 3.63) is 29.8 Å². The molecule has 0 heterocycles. The molecule has 0 saturated heterocycles. The SMILES string of the molecule is CCCCC[C@H]1CC[C@H]([C@H]2CC[C@H](CCCOc3ccc(F)c(F)c3)CC2)CC1. The van der Waals surface area contributed by atoms with Gasteiger partial charge in [0.05, 0.1) is 6.61 Å². The predicted octanol–water partition coefficient (Wildman–Crippen LogP) is 8.32. The highest BCUT2D eigenvalue weighted by Crippen LogP contribution is 2.43. The van der Waals surface area contributed by atoms with Gasteiger partial charge >= 0.3 is 0 Å². The number of ether oxygens (including phenoxy) is 1. The molecule has 1 aromatic carbocycles. The summed E-state index contributed by atoms with van der Waals surface area (Å²) in [6, 6.07) is 3.77. The molecule has 0 bridgehead atoms. The molecule has 164 valence electrons. The molecule has 2 saturated carbocycles. The van der Waals surface area contributed by atoms with Gasteiger partial charge < -0.3 is 4.74 Å². The van der Waals surface area contributed by atoms with Gasteiger partial charge in [0.2, 0.25) is 0 Å². The Morgan fingerprint density at radius 2 is 1.34 bits per heavy atom. The quantitative estimate of drug-likeness (QED) is 0.355. The highest BCUT2D eigenvalue weighted by Gasteiger charge is 2.30. The van der Waals surface area contributed by atoms with Gasteiger partial charge in [-0.05, 0) is 74.3 Å². The lowest BCUT2D eigenvalue weighted by atomic mass is 9.68. The highest BCUT2D eigenvalue weighted by atomic mass is 19.2. The summed E-state index contributed by atoms with van der Waals surface area (Å²) < 4.78 is 31.7. The van der Waals surface area contributed by atoms with Crippen LogP contribution >= 0.6 is 0 Å². The Balaban J connectivity index is 1.26. The van der Waals surface area contributed by atoms with Crippen molar-refractivity contribution in [1.29, 1.82) is 0 Å². The molecule has 0 atom stereocenters. The third-order valence-corrected chi connectivity index (χ3v) is 7.58. The van der Waals surface area contributed by atoms with Crippen molar-refractivity contribution in [1.82, 2.24) is 0 Å². The van der Waals surface area contributed by atoms with E-state index in [0.717, 1.165) is 42.2 Å². The van der Waals surface area contributed by atoms with E-state index in [1.165, 1.54) is 89.5 Å². The predicted molar refractivity (Wildman–Crippen MR) is 116 cm³/mol. The van der Waals surface area contributed by atoms with Crippen LogP contribution in [0, 0.1) is 35.3 Å². The second kappa shape index (κ2) is 11.9. The number of rotatable bonds is 10. The highest BCUT2D eigenvalue weighted by molar-refractivity contribution is 5.23. The Bertz CT molecular complexity index is 586. The molecule has 0 radical (unpaired) electrons. The Kier molecular flexibility index (Phi) is 9.27. The van der Waals surface area contributed by atoms with Crippen molar-refractivity contribution in [3.63, 3.8) is 0 Å². The Labute approximate surface area is 176 Å². The van der Waals surface area contributed by atoms with E-state index in [1.54, 1.807) is 0 Å². The summed E-state index contributed by atoms with van der Waals surface area (Å²) in [6.07, 6.45) is 19.4. The zero-order valence-electron chi connectivity index (χ0n) is 18.3. The lowest BCUT2D eigenvalue weighted by Crippen LogP contribution is -2.26.